The summed E-state index contributed by atoms with van der Waals surface area (Å²) in [5.41, 5.74) is 1.62. The van der Waals surface area contributed by atoms with Crippen molar-refractivity contribution in [2.75, 3.05) is 40.5 Å². The molecule has 1 aliphatic heterocycles. The molecular formula is C20H30N2O3. The molecule has 0 saturated heterocycles. The summed E-state index contributed by atoms with van der Waals surface area (Å²) in [5.74, 6) is 0. The highest BCUT2D eigenvalue weighted by molar-refractivity contribution is 5.95. The van der Waals surface area contributed by atoms with Crippen molar-refractivity contribution in [1.29, 1.82) is 0 Å². The molecule has 0 spiro atoms. The highest BCUT2D eigenvalue weighted by Crippen LogP contribution is 2.34. The summed E-state index contributed by atoms with van der Waals surface area (Å²) in [7, 11) is 4.02. The molecule has 1 aliphatic rings. The minimum Gasteiger partial charge on any atom is -0.622 e. The third-order valence-corrected chi connectivity index (χ3v) is 4.26. The van der Waals surface area contributed by atoms with Crippen molar-refractivity contribution in [3.05, 3.63) is 47.2 Å². The topological polar surface area (TPSA) is 47.8 Å². The quantitative estimate of drug-likeness (QED) is 0.392. The van der Waals surface area contributed by atoms with E-state index in [0.717, 1.165) is 22.6 Å². The molecule has 0 fully saturated rings. The van der Waals surface area contributed by atoms with E-state index in [-0.39, 0.29) is 5.41 Å². The molecule has 0 bridgehead atoms. The molecule has 0 aromatic heterocycles. The Morgan fingerprint density at radius 2 is 1.88 bits per heavy atom. The highest BCUT2D eigenvalue weighted by Gasteiger charge is 2.45. The zero-order valence-electron chi connectivity index (χ0n) is 15.8. The largest absolute Gasteiger partial charge is 0.622 e. The lowest BCUT2D eigenvalue weighted by atomic mass is 9.88. The minimum atomic E-state index is -0.472. The van der Waals surface area contributed by atoms with E-state index in [4.69, 9.17) is 9.47 Å². The van der Waals surface area contributed by atoms with Crippen LogP contribution in [0.2, 0.25) is 0 Å². The van der Waals surface area contributed by atoms with Gasteiger partial charge in [-0.05, 0) is 25.7 Å². The molecule has 1 heterocycles. The lowest BCUT2D eigenvalue weighted by Crippen LogP contribution is -2.35. The van der Waals surface area contributed by atoms with Gasteiger partial charge in [-0.1, -0.05) is 44.2 Å². The second-order valence-electron chi connectivity index (χ2n) is 7.37. The van der Waals surface area contributed by atoms with Crippen LogP contribution in [0, 0.1) is 10.6 Å². The Bertz CT molecular complexity index is 594. The number of rotatable bonds is 9. The molecule has 5 heteroatoms. The summed E-state index contributed by atoms with van der Waals surface area (Å²) in [4.78, 5) is 2.07. The van der Waals surface area contributed by atoms with Gasteiger partial charge in [0.05, 0.1) is 25.2 Å². The molecule has 1 unspecified atom stereocenters. The van der Waals surface area contributed by atoms with Crippen LogP contribution in [-0.2, 0) is 9.47 Å². The van der Waals surface area contributed by atoms with Crippen LogP contribution < -0.4 is 0 Å². The predicted octanol–water partition coefficient (Wildman–Crippen LogP) is 3.00. The van der Waals surface area contributed by atoms with Crippen LogP contribution in [0.25, 0.3) is 6.08 Å². The average molecular weight is 346 g/mol. The summed E-state index contributed by atoms with van der Waals surface area (Å²) in [6, 6.07) is 9.99. The monoisotopic (exact) mass is 346 g/mol. The molecule has 0 N–H and O–H groups in total. The number of hydrogen-bond acceptors (Lipinski definition) is 4. The number of nitrogens with zero attached hydrogens (tertiary/aromatic N) is 2. The average Bonchev–Trinajstić information content (AvgIpc) is 2.79. The van der Waals surface area contributed by atoms with Crippen LogP contribution in [0.4, 0.5) is 0 Å². The molecule has 1 aromatic carbocycles. The molecule has 0 aliphatic carbocycles. The fraction of sp³-hybridized carbons (Fsp3) is 0.550. The van der Waals surface area contributed by atoms with Gasteiger partial charge in [-0.25, -0.2) is 0 Å². The lowest BCUT2D eigenvalue weighted by Gasteiger charge is -2.24. The molecule has 0 radical (unpaired) electrons. The fourth-order valence-electron chi connectivity index (χ4n) is 2.85. The summed E-state index contributed by atoms with van der Waals surface area (Å²) in [6.07, 6.45) is 4.11. The van der Waals surface area contributed by atoms with Gasteiger partial charge in [0.2, 0.25) is 0 Å². The number of allylic oxidation sites excluding steroid dienone is 1. The first-order valence-corrected chi connectivity index (χ1v) is 8.79. The maximum absolute atomic E-state index is 12.6. The standard InChI is InChI=1S/C20H30N2O3/c1-20(2)16-18(11-10-17-8-6-5-7-9-17)22(23)19(20)25-15-14-24-13-12-21(3)4/h5-11,19H,12-16H2,1-4H3/b11-10+. The molecule has 0 amide bonds. The SMILES string of the molecule is CN(C)CCOCCOC1[N+]([O-])=C(/C=C/c2ccccc2)CC1(C)C. The van der Waals surface area contributed by atoms with Gasteiger partial charge in [0.25, 0.3) is 6.23 Å². The van der Waals surface area contributed by atoms with Gasteiger partial charge in [0, 0.05) is 19.0 Å². The van der Waals surface area contributed by atoms with Crippen LogP contribution in [0.3, 0.4) is 0 Å². The van der Waals surface area contributed by atoms with E-state index in [1.165, 1.54) is 0 Å². The van der Waals surface area contributed by atoms with Crippen LogP contribution in [0.1, 0.15) is 25.8 Å². The van der Waals surface area contributed by atoms with E-state index >= 15 is 0 Å². The molecule has 5 nitrogen and oxygen atoms in total. The molecule has 138 valence electrons. The fourth-order valence-corrected chi connectivity index (χ4v) is 2.85. The first-order valence-electron chi connectivity index (χ1n) is 8.79. The second-order valence-corrected chi connectivity index (χ2v) is 7.37. The van der Waals surface area contributed by atoms with Gasteiger partial charge in [0.1, 0.15) is 0 Å². The molecule has 2 rings (SSSR count). The van der Waals surface area contributed by atoms with Crippen LogP contribution in [0.15, 0.2) is 36.4 Å². The minimum absolute atomic E-state index is 0.220. The lowest BCUT2D eigenvalue weighted by molar-refractivity contribution is -0.564. The Morgan fingerprint density at radius 1 is 1.16 bits per heavy atom. The van der Waals surface area contributed by atoms with E-state index in [2.05, 4.69) is 18.7 Å². The summed E-state index contributed by atoms with van der Waals surface area (Å²) >= 11 is 0. The van der Waals surface area contributed by atoms with Crippen molar-refractivity contribution in [3.63, 3.8) is 0 Å². The number of ether oxygens (including phenoxy) is 2. The number of hydrogen-bond donors (Lipinski definition) is 0. The van der Waals surface area contributed by atoms with E-state index in [9.17, 15) is 5.21 Å². The number of hydroxylamine groups is 1. The second kappa shape index (κ2) is 9.13. The van der Waals surface area contributed by atoms with Crippen molar-refractivity contribution in [2.24, 2.45) is 5.41 Å². The van der Waals surface area contributed by atoms with Gasteiger partial charge in [-0.3, -0.25) is 0 Å². The Labute approximate surface area is 151 Å². The zero-order valence-corrected chi connectivity index (χ0v) is 15.8. The molecular weight excluding hydrogens is 316 g/mol. The van der Waals surface area contributed by atoms with Gasteiger partial charge < -0.3 is 19.6 Å². The normalized spacial score (nSPS) is 20.1. The van der Waals surface area contributed by atoms with Gasteiger partial charge in [-0.15, -0.1) is 0 Å². The first-order chi connectivity index (χ1) is 11.9. The summed E-state index contributed by atoms with van der Waals surface area (Å²) in [5, 5.41) is 12.6. The number of benzene rings is 1. The maximum atomic E-state index is 12.6. The molecule has 1 atom stereocenters. The smallest absolute Gasteiger partial charge is 0.273 e. The van der Waals surface area contributed by atoms with E-state index in [0.29, 0.717) is 26.2 Å². The first kappa shape index (κ1) is 19.6. The van der Waals surface area contributed by atoms with Crippen LogP contribution in [-0.4, -0.2) is 62.0 Å². The van der Waals surface area contributed by atoms with Crippen molar-refractivity contribution in [1.82, 2.24) is 4.90 Å². The number of likely N-dealkylation sites (N-methyl/N-ethyl adjacent to an activating group) is 1. The van der Waals surface area contributed by atoms with Crippen molar-refractivity contribution in [2.45, 2.75) is 26.5 Å². The Kier molecular flexibility index (Phi) is 7.17. The Balaban J connectivity index is 1.89. The molecule has 1 aromatic rings. The summed E-state index contributed by atoms with van der Waals surface area (Å²) < 4.78 is 12.4. The van der Waals surface area contributed by atoms with Gasteiger partial charge in [0.15, 0.2) is 5.71 Å². The van der Waals surface area contributed by atoms with Crippen molar-refractivity contribution < 1.29 is 14.2 Å². The highest BCUT2D eigenvalue weighted by atomic mass is 16.6. The van der Waals surface area contributed by atoms with E-state index in [1.807, 2.05) is 56.6 Å². The predicted molar refractivity (Wildman–Crippen MR) is 102 cm³/mol. The Morgan fingerprint density at radius 3 is 2.56 bits per heavy atom. The Hall–Kier alpha value is -1.69. The van der Waals surface area contributed by atoms with Crippen LogP contribution in [0.5, 0.6) is 0 Å². The van der Waals surface area contributed by atoms with Gasteiger partial charge in [-0.2, -0.15) is 4.74 Å². The zero-order chi connectivity index (χ0) is 18.3. The third kappa shape index (κ3) is 5.96. The van der Waals surface area contributed by atoms with E-state index < -0.39 is 6.23 Å². The van der Waals surface area contributed by atoms with E-state index in [1.54, 1.807) is 0 Å². The molecule has 0 saturated carbocycles. The van der Waals surface area contributed by atoms with Gasteiger partial charge >= 0.3 is 0 Å². The third-order valence-electron chi connectivity index (χ3n) is 4.26. The molecule has 25 heavy (non-hydrogen) atoms. The van der Waals surface area contributed by atoms with Crippen molar-refractivity contribution >= 4 is 11.8 Å². The maximum Gasteiger partial charge on any atom is 0.273 e. The van der Waals surface area contributed by atoms with Crippen LogP contribution >= 0.6 is 0 Å². The summed E-state index contributed by atoms with van der Waals surface area (Å²) in [6.45, 7) is 6.62. The van der Waals surface area contributed by atoms with Crippen molar-refractivity contribution in [3.8, 4) is 0 Å².